The maximum absolute atomic E-state index is 12.0. The number of hydrogen-bond donors (Lipinski definition) is 2. The Morgan fingerprint density at radius 2 is 1.97 bits per heavy atom. The number of anilines is 3. The SMILES string of the molecule is Cc1cc(N(C)CCN(C)C)c([N+](=O)[O-])cc1Nc1nccc(-n2c3c(c4ccccc42)CC(O)CC3)n1. The molecule has 0 bridgehead atoms. The summed E-state index contributed by atoms with van der Waals surface area (Å²) < 4.78 is 2.14. The summed E-state index contributed by atoms with van der Waals surface area (Å²) in [5, 5.41) is 26.6. The minimum Gasteiger partial charge on any atom is -0.393 e. The average Bonchev–Trinajstić information content (AvgIpc) is 3.21. The van der Waals surface area contributed by atoms with Crippen molar-refractivity contribution in [1.82, 2.24) is 19.4 Å². The quantitative estimate of drug-likeness (QED) is 0.265. The molecule has 38 heavy (non-hydrogen) atoms. The van der Waals surface area contributed by atoms with E-state index in [2.05, 4.69) is 27.0 Å². The number of nitrogens with one attached hydrogen (secondary N) is 1. The van der Waals surface area contributed by atoms with E-state index < -0.39 is 0 Å². The van der Waals surface area contributed by atoms with E-state index >= 15 is 0 Å². The predicted octanol–water partition coefficient (Wildman–Crippen LogP) is 4.23. The van der Waals surface area contributed by atoms with Gasteiger partial charge in [-0.1, -0.05) is 18.2 Å². The molecule has 2 aromatic heterocycles. The Morgan fingerprint density at radius 3 is 2.74 bits per heavy atom. The highest BCUT2D eigenvalue weighted by atomic mass is 16.6. The van der Waals surface area contributed by atoms with Gasteiger partial charge in [0.2, 0.25) is 5.95 Å². The lowest BCUT2D eigenvalue weighted by Gasteiger charge is -2.22. The molecule has 10 nitrogen and oxygen atoms in total. The number of aryl methyl sites for hydroxylation is 1. The summed E-state index contributed by atoms with van der Waals surface area (Å²) in [4.78, 5) is 24.8. The molecule has 0 saturated heterocycles. The first-order valence-electron chi connectivity index (χ1n) is 12.8. The number of benzene rings is 2. The predicted molar refractivity (Wildman–Crippen MR) is 150 cm³/mol. The Morgan fingerprint density at radius 1 is 1.18 bits per heavy atom. The molecule has 4 aromatic rings. The Labute approximate surface area is 221 Å². The fraction of sp³-hybridized carbons (Fsp3) is 0.357. The highest BCUT2D eigenvalue weighted by Crippen LogP contribution is 2.36. The molecule has 198 valence electrons. The second-order valence-corrected chi connectivity index (χ2v) is 10.2. The van der Waals surface area contributed by atoms with Crippen LogP contribution in [0.5, 0.6) is 0 Å². The summed E-state index contributed by atoms with van der Waals surface area (Å²) in [5.41, 5.74) is 5.39. The van der Waals surface area contributed by atoms with Crippen LogP contribution in [0.25, 0.3) is 16.7 Å². The van der Waals surface area contributed by atoms with Gasteiger partial charge < -0.3 is 20.2 Å². The van der Waals surface area contributed by atoms with E-state index in [-0.39, 0.29) is 16.7 Å². The van der Waals surface area contributed by atoms with Crippen LogP contribution in [-0.4, -0.2) is 69.8 Å². The first-order valence-corrected chi connectivity index (χ1v) is 12.8. The van der Waals surface area contributed by atoms with Crippen molar-refractivity contribution >= 4 is 33.9 Å². The molecule has 1 atom stereocenters. The monoisotopic (exact) mass is 515 g/mol. The van der Waals surface area contributed by atoms with Crippen LogP contribution in [0.1, 0.15) is 23.2 Å². The molecule has 1 aliphatic rings. The molecule has 0 fully saturated rings. The van der Waals surface area contributed by atoms with Crippen LogP contribution in [0, 0.1) is 17.0 Å². The second kappa shape index (κ2) is 10.4. The van der Waals surface area contributed by atoms with Crippen LogP contribution >= 0.6 is 0 Å². The zero-order valence-corrected chi connectivity index (χ0v) is 22.2. The lowest BCUT2D eigenvalue weighted by molar-refractivity contribution is -0.384. The van der Waals surface area contributed by atoms with E-state index in [0.29, 0.717) is 42.5 Å². The summed E-state index contributed by atoms with van der Waals surface area (Å²) in [7, 11) is 5.82. The average molecular weight is 516 g/mol. The van der Waals surface area contributed by atoms with Crippen LogP contribution in [-0.2, 0) is 12.8 Å². The molecule has 1 unspecified atom stereocenters. The lowest BCUT2D eigenvalue weighted by atomic mass is 9.93. The van der Waals surface area contributed by atoms with E-state index in [1.807, 2.05) is 62.1 Å². The van der Waals surface area contributed by atoms with Gasteiger partial charge in [-0.15, -0.1) is 0 Å². The van der Waals surface area contributed by atoms with Crippen LogP contribution in [0.2, 0.25) is 0 Å². The van der Waals surface area contributed by atoms with Gasteiger partial charge in [-0.25, -0.2) is 4.98 Å². The Balaban J connectivity index is 1.50. The van der Waals surface area contributed by atoms with Crippen molar-refractivity contribution in [2.24, 2.45) is 0 Å². The number of nitro groups is 1. The van der Waals surface area contributed by atoms with E-state index in [1.165, 1.54) is 0 Å². The molecule has 0 aliphatic heterocycles. The third kappa shape index (κ3) is 4.92. The van der Waals surface area contributed by atoms with Gasteiger partial charge >= 0.3 is 0 Å². The molecular formula is C28H33N7O3. The molecule has 2 aromatic carbocycles. The van der Waals surface area contributed by atoms with Crippen LogP contribution < -0.4 is 10.2 Å². The third-order valence-electron chi connectivity index (χ3n) is 7.17. The molecular weight excluding hydrogens is 482 g/mol. The molecule has 5 rings (SSSR count). The third-order valence-corrected chi connectivity index (χ3v) is 7.17. The highest BCUT2D eigenvalue weighted by molar-refractivity contribution is 5.87. The number of nitro benzene ring substituents is 1. The number of nitrogens with zero attached hydrogens (tertiary/aromatic N) is 6. The zero-order valence-electron chi connectivity index (χ0n) is 22.2. The van der Waals surface area contributed by atoms with Gasteiger partial charge in [-0.3, -0.25) is 14.7 Å². The summed E-state index contributed by atoms with van der Waals surface area (Å²) in [6, 6.07) is 13.4. The summed E-state index contributed by atoms with van der Waals surface area (Å²) >= 11 is 0. The van der Waals surface area contributed by atoms with E-state index in [1.54, 1.807) is 12.3 Å². The summed E-state index contributed by atoms with van der Waals surface area (Å²) in [6.07, 6.45) is 3.44. The Kier molecular flexibility index (Phi) is 7.00. The maximum Gasteiger partial charge on any atom is 0.294 e. The van der Waals surface area contributed by atoms with Crippen molar-refractivity contribution < 1.29 is 10.0 Å². The molecule has 0 amide bonds. The number of aliphatic hydroxyl groups is 1. The minimum atomic E-state index is -0.351. The number of fused-ring (bicyclic) bond motifs is 3. The molecule has 2 N–H and O–H groups in total. The largest absolute Gasteiger partial charge is 0.393 e. The standard InChI is InChI=1S/C28H33N7O3/c1-18-15-25(33(4)14-13-32(2)3)26(35(37)38)17-22(18)30-28-29-12-11-27(31-28)34-23-8-6-5-7-20(23)21-16-19(36)9-10-24(21)34/h5-8,11-12,15,17,19,36H,9-10,13-14,16H2,1-4H3,(H,29,30,31). The van der Waals surface area contributed by atoms with E-state index in [4.69, 9.17) is 4.98 Å². The van der Waals surface area contributed by atoms with Crippen molar-refractivity contribution in [3.8, 4) is 5.82 Å². The van der Waals surface area contributed by atoms with Crippen LogP contribution in [0.3, 0.4) is 0 Å². The van der Waals surface area contributed by atoms with Crippen molar-refractivity contribution in [3.63, 3.8) is 0 Å². The van der Waals surface area contributed by atoms with Gasteiger partial charge in [0, 0.05) is 49.9 Å². The number of para-hydroxylation sites is 1. The molecule has 0 saturated carbocycles. The molecule has 1 aliphatic carbocycles. The number of likely N-dealkylation sites (N-methyl/N-ethyl adjacent to an activating group) is 2. The normalized spacial score (nSPS) is 15.1. The smallest absolute Gasteiger partial charge is 0.294 e. The number of aliphatic hydroxyl groups excluding tert-OH is 1. The lowest BCUT2D eigenvalue weighted by Crippen LogP contribution is -2.29. The van der Waals surface area contributed by atoms with Crippen LogP contribution in [0.4, 0.5) is 23.0 Å². The van der Waals surface area contributed by atoms with Crippen LogP contribution in [0.15, 0.2) is 48.7 Å². The van der Waals surface area contributed by atoms with Gasteiger partial charge in [0.15, 0.2) is 0 Å². The van der Waals surface area contributed by atoms with Gasteiger partial charge in [-0.05, 0) is 63.2 Å². The first-order chi connectivity index (χ1) is 18.2. The maximum atomic E-state index is 12.0. The van der Waals surface area contributed by atoms with Gasteiger partial charge in [0.1, 0.15) is 11.5 Å². The fourth-order valence-corrected chi connectivity index (χ4v) is 5.15. The van der Waals surface area contributed by atoms with E-state index in [9.17, 15) is 15.2 Å². The van der Waals surface area contributed by atoms with Gasteiger partial charge in [0.05, 0.1) is 22.2 Å². The fourth-order valence-electron chi connectivity index (χ4n) is 5.15. The van der Waals surface area contributed by atoms with Gasteiger partial charge in [0.25, 0.3) is 5.69 Å². The highest BCUT2D eigenvalue weighted by Gasteiger charge is 2.26. The summed E-state index contributed by atoms with van der Waals surface area (Å²) in [5.74, 6) is 1.07. The summed E-state index contributed by atoms with van der Waals surface area (Å²) in [6.45, 7) is 3.36. The molecule has 2 heterocycles. The topological polar surface area (TPSA) is 113 Å². The first kappa shape index (κ1) is 25.6. The second-order valence-electron chi connectivity index (χ2n) is 10.2. The molecule has 0 radical (unpaired) electrons. The van der Waals surface area contributed by atoms with Crippen molar-refractivity contribution in [2.45, 2.75) is 32.3 Å². The van der Waals surface area contributed by atoms with Crippen molar-refractivity contribution in [1.29, 1.82) is 0 Å². The van der Waals surface area contributed by atoms with E-state index in [0.717, 1.165) is 40.7 Å². The zero-order chi connectivity index (χ0) is 27.0. The Bertz CT molecular complexity index is 1500. The van der Waals surface area contributed by atoms with Gasteiger partial charge in [-0.2, -0.15) is 4.98 Å². The van der Waals surface area contributed by atoms with Crippen molar-refractivity contribution in [2.75, 3.05) is 44.4 Å². The molecule has 0 spiro atoms. The Hall–Kier alpha value is -4.02. The van der Waals surface area contributed by atoms with Crippen molar-refractivity contribution in [3.05, 3.63) is 75.6 Å². The number of aromatic nitrogens is 3. The minimum absolute atomic E-state index is 0.0274. The number of rotatable bonds is 8. The number of hydrogen-bond acceptors (Lipinski definition) is 8. The molecule has 10 heteroatoms.